The Labute approximate surface area is 204 Å². The molecule has 2 aromatic rings. The van der Waals surface area contributed by atoms with Crippen LogP contribution in [0.2, 0.25) is 0 Å². The predicted molar refractivity (Wildman–Crippen MR) is 126 cm³/mol. The van der Waals surface area contributed by atoms with Gasteiger partial charge in [-0.05, 0) is 30.2 Å². The average Bonchev–Trinajstić information content (AvgIpc) is 3.57. The molecule has 1 unspecified atom stereocenters. The summed E-state index contributed by atoms with van der Waals surface area (Å²) < 4.78 is 55.5. The van der Waals surface area contributed by atoms with Crippen LogP contribution in [0.1, 0.15) is 29.5 Å². The molecule has 1 aliphatic carbocycles. The summed E-state index contributed by atoms with van der Waals surface area (Å²) in [5.74, 6) is 0.940. The van der Waals surface area contributed by atoms with E-state index in [1.807, 2.05) is 6.08 Å². The van der Waals surface area contributed by atoms with Crippen LogP contribution in [0.3, 0.4) is 0 Å². The molecule has 0 amide bonds. The van der Waals surface area contributed by atoms with Crippen molar-refractivity contribution in [3.05, 3.63) is 62.8 Å². The highest BCUT2D eigenvalue weighted by Crippen LogP contribution is 2.37. The Bertz CT molecular complexity index is 1120. The quantitative estimate of drug-likeness (QED) is 0.347. The highest BCUT2D eigenvalue weighted by atomic mass is 35.5. The molecular formula is C24H24ClF3N2O3S. The lowest BCUT2D eigenvalue weighted by Gasteiger charge is -2.22. The number of thiazole rings is 1. The number of benzene rings is 1. The minimum Gasteiger partial charge on any atom is -0.492 e. The van der Waals surface area contributed by atoms with Crippen molar-refractivity contribution in [3.63, 3.8) is 0 Å². The lowest BCUT2D eigenvalue weighted by atomic mass is 9.92. The summed E-state index contributed by atoms with van der Waals surface area (Å²) in [6.07, 6.45) is -1.76. The second-order valence-electron chi connectivity index (χ2n) is 8.04. The number of alkyl halides is 3. The fourth-order valence-corrected chi connectivity index (χ4v) is 4.80. The summed E-state index contributed by atoms with van der Waals surface area (Å²) >= 11 is 7.81. The van der Waals surface area contributed by atoms with Crippen LogP contribution in [0.25, 0.3) is 10.6 Å². The third-order valence-electron chi connectivity index (χ3n) is 5.50. The van der Waals surface area contributed by atoms with E-state index in [1.54, 1.807) is 7.11 Å². The van der Waals surface area contributed by atoms with E-state index in [-0.39, 0.29) is 19.1 Å². The molecule has 0 saturated carbocycles. The molecule has 10 heteroatoms. The predicted octanol–water partition coefficient (Wildman–Crippen LogP) is 6.38. The molecule has 2 aliphatic rings. The van der Waals surface area contributed by atoms with Crippen LogP contribution >= 0.6 is 22.9 Å². The maximum Gasteiger partial charge on any atom is 0.416 e. The van der Waals surface area contributed by atoms with Crippen molar-refractivity contribution in [2.45, 2.75) is 32.7 Å². The second kappa shape index (κ2) is 10.6. The van der Waals surface area contributed by atoms with Crippen LogP contribution in [-0.4, -0.2) is 37.6 Å². The summed E-state index contributed by atoms with van der Waals surface area (Å²) in [6, 6.07) is 4.99. The lowest BCUT2D eigenvalue weighted by Crippen LogP contribution is -2.12. The van der Waals surface area contributed by atoms with E-state index >= 15 is 0 Å². The number of aliphatic imine (C=N–C) groups is 1. The van der Waals surface area contributed by atoms with Gasteiger partial charge in [-0.2, -0.15) is 13.2 Å². The number of allylic oxidation sites excluding steroid dienone is 3. The van der Waals surface area contributed by atoms with Gasteiger partial charge in [0.1, 0.15) is 17.4 Å². The van der Waals surface area contributed by atoms with Crippen molar-refractivity contribution in [1.82, 2.24) is 4.98 Å². The highest BCUT2D eigenvalue weighted by Gasteiger charge is 2.30. The van der Waals surface area contributed by atoms with Gasteiger partial charge >= 0.3 is 6.18 Å². The van der Waals surface area contributed by atoms with Crippen molar-refractivity contribution in [1.29, 1.82) is 0 Å². The van der Waals surface area contributed by atoms with Crippen molar-refractivity contribution in [3.8, 4) is 10.6 Å². The van der Waals surface area contributed by atoms with E-state index in [2.05, 4.69) is 16.9 Å². The van der Waals surface area contributed by atoms with Gasteiger partial charge in [0.15, 0.2) is 0 Å². The summed E-state index contributed by atoms with van der Waals surface area (Å²) in [4.78, 5) is 9.72. The summed E-state index contributed by atoms with van der Waals surface area (Å²) in [7, 11) is 1.59. The molecule has 0 spiro atoms. The third kappa shape index (κ3) is 6.07. The van der Waals surface area contributed by atoms with Crippen LogP contribution in [-0.2, 0) is 33.6 Å². The number of hydrogen-bond donors (Lipinski definition) is 0. The van der Waals surface area contributed by atoms with Crippen LogP contribution < -0.4 is 0 Å². The van der Waals surface area contributed by atoms with Crippen LogP contribution in [0.5, 0.6) is 0 Å². The third-order valence-corrected chi connectivity index (χ3v) is 6.95. The first-order chi connectivity index (χ1) is 16.3. The molecule has 2 heterocycles. The molecular weight excluding hydrogens is 489 g/mol. The SMILES string of the molecule is COCCOCc1nc(-c2ccc(C(F)(F)F)cc2)sc1COC1=CC(Cl)=C(C2=NC2)CC1C. The van der Waals surface area contributed by atoms with Gasteiger partial charge in [-0.1, -0.05) is 30.7 Å². The Kier molecular flexibility index (Phi) is 7.77. The van der Waals surface area contributed by atoms with Gasteiger partial charge in [-0.15, -0.1) is 11.3 Å². The van der Waals surface area contributed by atoms with Crippen LogP contribution in [0, 0.1) is 5.92 Å². The molecule has 34 heavy (non-hydrogen) atoms. The Morgan fingerprint density at radius 3 is 2.53 bits per heavy atom. The molecule has 0 fully saturated rings. The molecule has 0 saturated heterocycles. The molecule has 1 atom stereocenters. The molecule has 0 N–H and O–H groups in total. The Morgan fingerprint density at radius 2 is 1.88 bits per heavy atom. The Balaban J connectivity index is 1.52. The molecule has 5 nitrogen and oxygen atoms in total. The zero-order valence-corrected chi connectivity index (χ0v) is 20.3. The maximum atomic E-state index is 12.9. The van der Waals surface area contributed by atoms with E-state index in [9.17, 15) is 13.2 Å². The van der Waals surface area contributed by atoms with Crippen LogP contribution in [0.4, 0.5) is 13.2 Å². The monoisotopic (exact) mass is 512 g/mol. The smallest absolute Gasteiger partial charge is 0.416 e. The van der Waals surface area contributed by atoms with Gasteiger partial charge in [0, 0.05) is 23.6 Å². The number of ether oxygens (including phenoxy) is 3. The first-order valence-electron chi connectivity index (χ1n) is 10.8. The van der Waals surface area contributed by atoms with Crippen molar-refractivity contribution >= 4 is 28.6 Å². The minimum atomic E-state index is -4.38. The van der Waals surface area contributed by atoms with Crippen molar-refractivity contribution in [2.75, 3.05) is 26.9 Å². The van der Waals surface area contributed by atoms with Crippen molar-refractivity contribution < 1.29 is 27.4 Å². The molecule has 182 valence electrons. The molecule has 1 aromatic carbocycles. The van der Waals surface area contributed by atoms with E-state index < -0.39 is 11.7 Å². The fraction of sp³-hybridized carbons (Fsp3) is 0.417. The zero-order chi connectivity index (χ0) is 24.3. The van der Waals surface area contributed by atoms with Gasteiger partial charge < -0.3 is 14.2 Å². The first-order valence-corrected chi connectivity index (χ1v) is 11.9. The average molecular weight is 513 g/mol. The molecule has 1 aliphatic heterocycles. The lowest BCUT2D eigenvalue weighted by molar-refractivity contribution is -0.137. The van der Waals surface area contributed by atoms with E-state index in [4.69, 9.17) is 25.8 Å². The summed E-state index contributed by atoms with van der Waals surface area (Å²) in [5, 5.41) is 1.26. The van der Waals surface area contributed by atoms with Gasteiger partial charge in [-0.25, -0.2) is 4.98 Å². The zero-order valence-electron chi connectivity index (χ0n) is 18.7. The summed E-state index contributed by atoms with van der Waals surface area (Å²) in [6.45, 7) is 4.19. The molecule has 1 aromatic heterocycles. The van der Waals surface area contributed by atoms with Gasteiger partial charge in [0.05, 0.1) is 48.2 Å². The fourth-order valence-electron chi connectivity index (χ4n) is 3.52. The maximum absolute atomic E-state index is 12.9. The normalized spacial score (nSPS) is 18.1. The van der Waals surface area contributed by atoms with Crippen molar-refractivity contribution in [2.24, 2.45) is 10.9 Å². The standard InChI is InChI=1S/C24H24ClF3N2O3S/c1-14-9-17(19-11-29-19)18(25)10-21(14)33-13-22-20(12-32-8-7-31-2)30-23(34-22)15-3-5-16(6-4-15)24(26,27)28/h3-6,10,14H,7-9,11-13H2,1-2H3. The largest absolute Gasteiger partial charge is 0.492 e. The van der Waals surface area contributed by atoms with Crippen LogP contribution in [0.15, 0.2) is 51.7 Å². The first kappa shape index (κ1) is 24.9. The van der Waals surface area contributed by atoms with E-state index in [1.165, 1.54) is 23.5 Å². The molecule has 4 rings (SSSR count). The van der Waals surface area contributed by atoms with Gasteiger partial charge in [0.2, 0.25) is 0 Å². The number of rotatable bonds is 10. The Hall–Kier alpha value is -2.20. The topological polar surface area (TPSA) is 52.9 Å². The molecule has 0 bridgehead atoms. The number of nitrogens with zero attached hydrogens (tertiary/aromatic N) is 2. The molecule has 0 radical (unpaired) electrons. The highest BCUT2D eigenvalue weighted by molar-refractivity contribution is 7.15. The van der Waals surface area contributed by atoms with E-state index in [0.29, 0.717) is 34.5 Å². The minimum absolute atomic E-state index is 0.157. The Morgan fingerprint density at radius 1 is 1.15 bits per heavy atom. The number of methoxy groups -OCH3 is 1. The second-order valence-corrected chi connectivity index (χ2v) is 9.53. The van der Waals surface area contributed by atoms with E-state index in [0.717, 1.165) is 47.0 Å². The number of hydrogen-bond acceptors (Lipinski definition) is 6. The number of halogens is 4. The number of aromatic nitrogens is 1. The summed E-state index contributed by atoms with van der Waals surface area (Å²) in [5.41, 5.74) is 2.74. The van der Waals surface area contributed by atoms with Gasteiger partial charge in [0.25, 0.3) is 0 Å². The van der Waals surface area contributed by atoms with Gasteiger partial charge in [-0.3, -0.25) is 4.99 Å².